The van der Waals surface area contributed by atoms with Gasteiger partial charge in [-0.05, 0) is 33.3 Å². The topological polar surface area (TPSA) is 20.3 Å². The average Bonchev–Trinajstić information content (AvgIpc) is 2.28. The van der Waals surface area contributed by atoms with Crippen LogP contribution in [0.25, 0.3) is 0 Å². The predicted molar refractivity (Wildman–Crippen MR) is 81.0 cm³/mol. The van der Waals surface area contributed by atoms with Crippen molar-refractivity contribution in [2.45, 2.75) is 60.5 Å². The van der Waals surface area contributed by atoms with Gasteiger partial charge in [0.1, 0.15) is 0 Å². The molecule has 1 aromatic carbocycles. The van der Waals surface area contributed by atoms with E-state index in [2.05, 4.69) is 52.0 Å². The first kappa shape index (κ1) is 15.7. The fourth-order valence-electron chi connectivity index (χ4n) is 2.25. The quantitative estimate of drug-likeness (QED) is 0.792. The maximum absolute atomic E-state index is 12.6. The number of carbonyl (C=O) groups excluding carboxylic acids is 1. The molecule has 0 fully saturated rings. The molecular formula is C17H27NO. The zero-order chi connectivity index (χ0) is 14.8. The molecule has 19 heavy (non-hydrogen) atoms. The lowest BCUT2D eigenvalue weighted by atomic mass is 9.92. The molecule has 0 aliphatic heterocycles. The Kier molecular flexibility index (Phi) is 4.78. The Labute approximate surface area is 117 Å². The van der Waals surface area contributed by atoms with Crippen LogP contribution in [0.5, 0.6) is 0 Å². The van der Waals surface area contributed by atoms with Gasteiger partial charge in [-0.3, -0.25) is 4.79 Å². The summed E-state index contributed by atoms with van der Waals surface area (Å²) in [6.45, 7) is 14.3. The molecule has 0 radical (unpaired) electrons. The van der Waals surface area contributed by atoms with E-state index in [0.717, 1.165) is 0 Å². The molecule has 0 spiro atoms. The molecule has 1 amide bonds. The summed E-state index contributed by atoms with van der Waals surface area (Å²) in [6, 6.07) is 8.74. The Bertz CT molecular complexity index is 426. The van der Waals surface area contributed by atoms with Crippen molar-refractivity contribution >= 4 is 5.91 Å². The molecule has 0 saturated heterocycles. The molecule has 0 aromatic heterocycles. The van der Waals surface area contributed by atoms with Gasteiger partial charge in [0.15, 0.2) is 0 Å². The normalized spacial score (nSPS) is 13.5. The first-order valence-corrected chi connectivity index (χ1v) is 7.04. The van der Waals surface area contributed by atoms with Crippen LogP contribution < -0.4 is 0 Å². The highest BCUT2D eigenvalue weighted by Crippen LogP contribution is 2.28. The summed E-state index contributed by atoms with van der Waals surface area (Å²) in [5.74, 6) is 0.204. The standard InChI is InChI=1S/C17H27NO/c1-12(2)18(16(19)17(5,6)7)14(4)15-10-8-13(3)9-11-15/h8-12,14H,1-7H3/t14-/m1/s1. The van der Waals surface area contributed by atoms with Crippen LogP contribution in [0.1, 0.15) is 58.7 Å². The highest BCUT2D eigenvalue weighted by atomic mass is 16.2. The van der Waals surface area contributed by atoms with Gasteiger partial charge in [0.2, 0.25) is 5.91 Å². The Hall–Kier alpha value is -1.31. The molecule has 2 heteroatoms. The lowest BCUT2D eigenvalue weighted by Gasteiger charge is -2.37. The smallest absolute Gasteiger partial charge is 0.228 e. The van der Waals surface area contributed by atoms with Crippen LogP contribution >= 0.6 is 0 Å². The number of hydrogen-bond acceptors (Lipinski definition) is 1. The molecule has 0 saturated carbocycles. The molecular weight excluding hydrogens is 234 g/mol. The van der Waals surface area contributed by atoms with E-state index in [0.29, 0.717) is 0 Å². The maximum atomic E-state index is 12.6. The summed E-state index contributed by atoms with van der Waals surface area (Å²) >= 11 is 0. The molecule has 0 aliphatic rings. The Balaban J connectivity index is 3.06. The van der Waals surface area contributed by atoms with Crippen LogP contribution in [0.15, 0.2) is 24.3 Å². The van der Waals surface area contributed by atoms with E-state index >= 15 is 0 Å². The maximum Gasteiger partial charge on any atom is 0.228 e. The molecule has 0 bridgehead atoms. The lowest BCUT2D eigenvalue weighted by molar-refractivity contribution is -0.143. The van der Waals surface area contributed by atoms with E-state index in [1.807, 2.05) is 25.7 Å². The predicted octanol–water partition coefficient (Wildman–Crippen LogP) is 4.34. The van der Waals surface area contributed by atoms with Crippen LogP contribution in [0.3, 0.4) is 0 Å². The fraction of sp³-hybridized carbons (Fsp3) is 0.588. The number of nitrogens with zero attached hydrogens (tertiary/aromatic N) is 1. The SMILES string of the molecule is Cc1ccc([C@@H](C)N(C(=O)C(C)(C)C)C(C)C)cc1. The van der Waals surface area contributed by atoms with Gasteiger partial charge in [-0.2, -0.15) is 0 Å². The van der Waals surface area contributed by atoms with Crippen LogP contribution in [0.4, 0.5) is 0 Å². The van der Waals surface area contributed by atoms with Gasteiger partial charge >= 0.3 is 0 Å². The van der Waals surface area contributed by atoms with E-state index in [4.69, 9.17) is 0 Å². The summed E-state index contributed by atoms with van der Waals surface area (Å²) in [6.07, 6.45) is 0. The van der Waals surface area contributed by atoms with Crippen molar-refractivity contribution in [3.8, 4) is 0 Å². The molecule has 1 atom stereocenters. The van der Waals surface area contributed by atoms with Crippen molar-refractivity contribution in [3.05, 3.63) is 35.4 Å². The Morgan fingerprint density at radius 3 is 1.89 bits per heavy atom. The van der Waals surface area contributed by atoms with Crippen LogP contribution in [-0.2, 0) is 4.79 Å². The van der Waals surface area contributed by atoms with Crippen molar-refractivity contribution in [3.63, 3.8) is 0 Å². The van der Waals surface area contributed by atoms with E-state index in [9.17, 15) is 4.79 Å². The van der Waals surface area contributed by atoms with E-state index < -0.39 is 0 Å². The highest BCUT2D eigenvalue weighted by Gasteiger charge is 2.32. The Morgan fingerprint density at radius 1 is 1.05 bits per heavy atom. The monoisotopic (exact) mass is 261 g/mol. The molecule has 1 aromatic rings. The third-order valence-electron chi connectivity index (χ3n) is 3.41. The minimum Gasteiger partial charge on any atom is -0.333 e. The van der Waals surface area contributed by atoms with Gasteiger partial charge in [-0.25, -0.2) is 0 Å². The van der Waals surface area contributed by atoms with E-state index in [-0.39, 0.29) is 23.4 Å². The number of amides is 1. The summed E-state index contributed by atoms with van der Waals surface area (Å²) in [5.41, 5.74) is 2.09. The number of rotatable bonds is 3. The van der Waals surface area contributed by atoms with Crippen molar-refractivity contribution < 1.29 is 4.79 Å². The van der Waals surface area contributed by atoms with Gasteiger partial charge in [0.25, 0.3) is 0 Å². The summed E-state index contributed by atoms with van der Waals surface area (Å²) in [4.78, 5) is 14.6. The number of benzene rings is 1. The molecule has 106 valence electrons. The fourth-order valence-corrected chi connectivity index (χ4v) is 2.25. The molecule has 2 nitrogen and oxygen atoms in total. The zero-order valence-electron chi connectivity index (χ0n) is 13.3. The zero-order valence-corrected chi connectivity index (χ0v) is 13.3. The van der Waals surface area contributed by atoms with Crippen LogP contribution in [0, 0.1) is 12.3 Å². The van der Waals surface area contributed by atoms with Crippen LogP contribution in [-0.4, -0.2) is 16.8 Å². The highest BCUT2D eigenvalue weighted by molar-refractivity contribution is 5.82. The summed E-state index contributed by atoms with van der Waals surface area (Å²) in [7, 11) is 0. The van der Waals surface area contributed by atoms with Crippen molar-refractivity contribution in [2.75, 3.05) is 0 Å². The lowest BCUT2D eigenvalue weighted by Crippen LogP contribution is -2.45. The third-order valence-corrected chi connectivity index (χ3v) is 3.41. The number of aryl methyl sites for hydroxylation is 1. The molecule has 0 unspecified atom stereocenters. The van der Waals surface area contributed by atoms with Gasteiger partial charge in [-0.15, -0.1) is 0 Å². The number of carbonyl (C=O) groups is 1. The first-order valence-electron chi connectivity index (χ1n) is 7.04. The van der Waals surface area contributed by atoms with Gasteiger partial charge < -0.3 is 4.90 Å². The second-order valence-electron chi connectivity index (χ2n) is 6.64. The van der Waals surface area contributed by atoms with Gasteiger partial charge in [-0.1, -0.05) is 50.6 Å². The Morgan fingerprint density at radius 2 is 1.53 bits per heavy atom. The van der Waals surface area contributed by atoms with Gasteiger partial charge in [0.05, 0.1) is 6.04 Å². The average molecular weight is 261 g/mol. The second kappa shape index (κ2) is 5.77. The molecule has 0 heterocycles. The van der Waals surface area contributed by atoms with Crippen LogP contribution in [0.2, 0.25) is 0 Å². The van der Waals surface area contributed by atoms with E-state index in [1.165, 1.54) is 11.1 Å². The largest absolute Gasteiger partial charge is 0.333 e. The summed E-state index contributed by atoms with van der Waals surface area (Å²) in [5, 5.41) is 0. The minimum atomic E-state index is -0.344. The second-order valence-corrected chi connectivity index (χ2v) is 6.64. The minimum absolute atomic E-state index is 0.104. The molecule has 0 N–H and O–H groups in total. The summed E-state index contributed by atoms with van der Waals surface area (Å²) < 4.78 is 0. The molecule has 1 rings (SSSR count). The third kappa shape index (κ3) is 3.82. The van der Waals surface area contributed by atoms with Crippen molar-refractivity contribution in [1.29, 1.82) is 0 Å². The van der Waals surface area contributed by atoms with Gasteiger partial charge in [0, 0.05) is 11.5 Å². The van der Waals surface area contributed by atoms with Crippen molar-refractivity contribution in [1.82, 2.24) is 4.90 Å². The van der Waals surface area contributed by atoms with E-state index in [1.54, 1.807) is 0 Å². The number of hydrogen-bond donors (Lipinski definition) is 0. The van der Waals surface area contributed by atoms with Crippen molar-refractivity contribution in [2.24, 2.45) is 5.41 Å². The molecule has 0 aliphatic carbocycles. The first-order chi connectivity index (χ1) is 8.64.